The van der Waals surface area contributed by atoms with E-state index in [0.29, 0.717) is 11.3 Å². The predicted octanol–water partition coefficient (Wildman–Crippen LogP) is 2.09. The first-order chi connectivity index (χ1) is 6.06. The Morgan fingerprint density at radius 1 is 1.46 bits per heavy atom. The monoisotopic (exact) mass is 186 g/mol. The van der Waals surface area contributed by atoms with Crippen LogP contribution in [0.15, 0.2) is 6.07 Å². The molecule has 4 heteroatoms. The lowest BCUT2D eigenvalue weighted by Crippen LogP contribution is -2.06. The number of alkyl halides is 2. The SMILES string of the molecule is Cc1cc(CN)c(C(F)F)c(C)n1. The fraction of sp³-hybridized carbons (Fsp3) is 0.444. The Balaban J connectivity index is 3.30. The minimum absolute atomic E-state index is 0.0203. The number of hydrogen-bond donors (Lipinski definition) is 1. The highest BCUT2D eigenvalue weighted by Crippen LogP contribution is 2.25. The molecule has 0 saturated heterocycles. The van der Waals surface area contributed by atoms with E-state index in [1.54, 1.807) is 19.9 Å². The predicted molar refractivity (Wildman–Crippen MR) is 46.6 cm³/mol. The van der Waals surface area contributed by atoms with Gasteiger partial charge >= 0.3 is 0 Å². The largest absolute Gasteiger partial charge is 0.326 e. The molecule has 13 heavy (non-hydrogen) atoms. The first-order valence-corrected chi connectivity index (χ1v) is 4.01. The van der Waals surface area contributed by atoms with Crippen molar-refractivity contribution in [1.82, 2.24) is 4.98 Å². The minimum Gasteiger partial charge on any atom is -0.326 e. The third-order valence-electron chi connectivity index (χ3n) is 1.90. The Bertz CT molecular complexity index is 311. The fourth-order valence-electron chi connectivity index (χ4n) is 1.39. The molecule has 1 rings (SSSR count). The molecule has 2 nitrogen and oxygen atoms in total. The molecule has 0 aliphatic rings. The van der Waals surface area contributed by atoms with Crippen molar-refractivity contribution in [2.75, 3.05) is 0 Å². The summed E-state index contributed by atoms with van der Waals surface area (Å²) < 4.78 is 25.0. The standard InChI is InChI=1S/C9H12F2N2/c1-5-3-7(4-12)8(9(10)11)6(2)13-5/h3,9H,4,12H2,1-2H3. The van der Waals surface area contributed by atoms with Crippen molar-refractivity contribution in [3.05, 3.63) is 28.6 Å². The van der Waals surface area contributed by atoms with Crippen molar-refractivity contribution in [1.29, 1.82) is 0 Å². The van der Waals surface area contributed by atoms with Crippen LogP contribution in [0.4, 0.5) is 8.78 Å². The maximum Gasteiger partial charge on any atom is 0.265 e. The first-order valence-electron chi connectivity index (χ1n) is 4.01. The molecular weight excluding hydrogens is 174 g/mol. The Kier molecular flexibility index (Phi) is 2.93. The summed E-state index contributed by atoms with van der Waals surface area (Å²) in [7, 11) is 0. The fourth-order valence-corrected chi connectivity index (χ4v) is 1.39. The van der Waals surface area contributed by atoms with Crippen LogP contribution in [-0.4, -0.2) is 4.98 Å². The van der Waals surface area contributed by atoms with Crippen LogP contribution in [0.5, 0.6) is 0 Å². The minimum atomic E-state index is -2.49. The quantitative estimate of drug-likeness (QED) is 0.768. The smallest absolute Gasteiger partial charge is 0.265 e. The van der Waals surface area contributed by atoms with Crippen LogP contribution < -0.4 is 5.73 Å². The molecule has 1 heterocycles. The molecule has 2 N–H and O–H groups in total. The lowest BCUT2D eigenvalue weighted by molar-refractivity contribution is 0.149. The summed E-state index contributed by atoms with van der Waals surface area (Å²) in [6, 6.07) is 1.61. The number of halogens is 2. The summed E-state index contributed by atoms with van der Waals surface area (Å²) in [6.07, 6.45) is -2.49. The van der Waals surface area contributed by atoms with Gasteiger partial charge in [0.1, 0.15) is 0 Å². The average Bonchev–Trinajstić information content (AvgIpc) is 2.01. The van der Waals surface area contributed by atoms with Gasteiger partial charge in [0.25, 0.3) is 6.43 Å². The van der Waals surface area contributed by atoms with E-state index in [-0.39, 0.29) is 12.1 Å². The second-order valence-electron chi connectivity index (χ2n) is 2.93. The Morgan fingerprint density at radius 2 is 2.08 bits per heavy atom. The summed E-state index contributed by atoms with van der Waals surface area (Å²) in [5, 5.41) is 0. The number of hydrogen-bond acceptors (Lipinski definition) is 2. The Hall–Kier alpha value is -1.03. The molecule has 72 valence electrons. The van der Waals surface area contributed by atoms with Crippen LogP contribution in [0.2, 0.25) is 0 Å². The van der Waals surface area contributed by atoms with Crippen LogP contribution in [0, 0.1) is 13.8 Å². The summed E-state index contributed by atoms with van der Waals surface area (Å²) in [4.78, 5) is 3.97. The normalized spacial score (nSPS) is 10.9. The second kappa shape index (κ2) is 3.79. The topological polar surface area (TPSA) is 38.9 Å². The molecule has 0 fully saturated rings. The number of aryl methyl sites for hydroxylation is 2. The van der Waals surface area contributed by atoms with E-state index >= 15 is 0 Å². The number of nitrogens with two attached hydrogens (primary N) is 1. The Morgan fingerprint density at radius 3 is 2.54 bits per heavy atom. The molecule has 0 saturated carbocycles. The van der Waals surface area contributed by atoms with Gasteiger partial charge in [0.15, 0.2) is 0 Å². The van der Waals surface area contributed by atoms with E-state index in [1.165, 1.54) is 0 Å². The molecule has 0 radical (unpaired) electrons. The summed E-state index contributed by atoms with van der Waals surface area (Å²) >= 11 is 0. The van der Waals surface area contributed by atoms with Crippen LogP contribution in [-0.2, 0) is 6.54 Å². The van der Waals surface area contributed by atoms with Crippen molar-refractivity contribution in [2.24, 2.45) is 5.73 Å². The molecular formula is C9H12F2N2. The van der Waals surface area contributed by atoms with E-state index in [9.17, 15) is 8.78 Å². The van der Waals surface area contributed by atoms with E-state index < -0.39 is 6.43 Å². The van der Waals surface area contributed by atoms with Gasteiger partial charge in [-0.25, -0.2) is 8.78 Å². The second-order valence-corrected chi connectivity index (χ2v) is 2.93. The lowest BCUT2D eigenvalue weighted by atomic mass is 10.1. The van der Waals surface area contributed by atoms with Crippen molar-refractivity contribution in [3.8, 4) is 0 Å². The summed E-state index contributed by atoms with van der Waals surface area (Å²) in [6.45, 7) is 3.47. The van der Waals surface area contributed by atoms with Crippen LogP contribution in [0.25, 0.3) is 0 Å². The third kappa shape index (κ3) is 2.01. The highest BCUT2D eigenvalue weighted by Gasteiger charge is 2.16. The van der Waals surface area contributed by atoms with Gasteiger partial charge < -0.3 is 5.73 Å². The zero-order chi connectivity index (χ0) is 10.0. The van der Waals surface area contributed by atoms with Gasteiger partial charge in [0.2, 0.25) is 0 Å². The summed E-state index contributed by atoms with van der Waals surface area (Å²) in [5.74, 6) is 0. The van der Waals surface area contributed by atoms with Crippen LogP contribution in [0.3, 0.4) is 0 Å². The van der Waals surface area contributed by atoms with Gasteiger partial charge in [0, 0.05) is 23.5 Å². The van der Waals surface area contributed by atoms with E-state index in [1.807, 2.05) is 0 Å². The molecule has 0 bridgehead atoms. The lowest BCUT2D eigenvalue weighted by Gasteiger charge is -2.10. The number of nitrogens with zero attached hydrogens (tertiary/aromatic N) is 1. The van der Waals surface area contributed by atoms with Crippen LogP contribution >= 0.6 is 0 Å². The van der Waals surface area contributed by atoms with Gasteiger partial charge in [-0.2, -0.15) is 0 Å². The highest BCUT2D eigenvalue weighted by molar-refractivity contribution is 5.32. The van der Waals surface area contributed by atoms with Gasteiger partial charge in [-0.3, -0.25) is 4.98 Å². The zero-order valence-electron chi connectivity index (χ0n) is 7.64. The van der Waals surface area contributed by atoms with Crippen LogP contribution in [0.1, 0.15) is 28.9 Å². The molecule has 0 unspecified atom stereocenters. The van der Waals surface area contributed by atoms with Gasteiger partial charge in [-0.15, -0.1) is 0 Å². The molecule has 1 aromatic heterocycles. The molecule has 0 amide bonds. The molecule has 1 aromatic rings. The van der Waals surface area contributed by atoms with E-state index in [4.69, 9.17) is 5.73 Å². The molecule has 0 atom stereocenters. The molecule has 0 aromatic carbocycles. The Labute approximate surface area is 75.8 Å². The number of aromatic nitrogens is 1. The zero-order valence-corrected chi connectivity index (χ0v) is 7.64. The van der Waals surface area contributed by atoms with Crippen molar-refractivity contribution < 1.29 is 8.78 Å². The maximum atomic E-state index is 12.5. The molecule has 0 aliphatic carbocycles. The average molecular weight is 186 g/mol. The van der Waals surface area contributed by atoms with Crippen molar-refractivity contribution >= 4 is 0 Å². The number of pyridine rings is 1. The number of rotatable bonds is 2. The molecule has 0 spiro atoms. The summed E-state index contributed by atoms with van der Waals surface area (Å²) in [5.41, 5.74) is 6.93. The first kappa shape index (κ1) is 10.1. The van der Waals surface area contributed by atoms with Crippen molar-refractivity contribution in [3.63, 3.8) is 0 Å². The highest BCUT2D eigenvalue weighted by atomic mass is 19.3. The maximum absolute atomic E-state index is 12.5. The van der Waals surface area contributed by atoms with Gasteiger partial charge in [-0.1, -0.05) is 0 Å². The van der Waals surface area contributed by atoms with Gasteiger partial charge in [-0.05, 0) is 25.5 Å². The van der Waals surface area contributed by atoms with Gasteiger partial charge in [0.05, 0.1) is 0 Å². The third-order valence-corrected chi connectivity index (χ3v) is 1.90. The van der Waals surface area contributed by atoms with E-state index in [2.05, 4.69) is 4.98 Å². The van der Waals surface area contributed by atoms with Crippen molar-refractivity contribution in [2.45, 2.75) is 26.8 Å². The van der Waals surface area contributed by atoms with E-state index in [0.717, 1.165) is 5.69 Å². The molecule has 0 aliphatic heterocycles.